The van der Waals surface area contributed by atoms with Crippen LogP contribution >= 0.6 is 0 Å². The van der Waals surface area contributed by atoms with Gasteiger partial charge in [-0.1, -0.05) is 33.1 Å². The Morgan fingerprint density at radius 1 is 1.35 bits per heavy atom. The number of nitrogens with one attached hydrogen (secondary N) is 2. The van der Waals surface area contributed by atoms with E-state index in [0.717, 1.165) is 30.8 Å². The minimum absolute atomic E-state index is 0.491. The first-order valence-corrected chi connectivity index (χ1v) is 7.14. The molecule has 3 unspecified atom stereocenters. The van der Waals surface area contributed by atoms with Gasteiger partial charge in [-0.3, -0.25) is 4.99 Å². The van der Waals surface area contributed by atoms with Crippen molar-refractivity contribution in [2.45, 2.75) is 58.9 Å². The van der Waals surface area contributed by atoms with Gasteiger partial charge in [0.1, 0.15) is 0 Å². The first kappa shape index (κ1) is 14.3. The average Bonchev–Trinajstić information content (AvgIpc) is 2.35. The van der Waals surface area contributed by atoms with E-state index in [1.165, 1.54) is 25.7 Å². The largest absolute Gasteiger partial charge is 0.356 e. The van der Waals surface area contributed by atoms with Gasteiger partial charge in [0.05, 0.1) is 0 Å². The van der Waals surface area contributed by atoms with Gasteiger partial charge in [-0.05, 0) is 31.6 Å². The minimum atomic E-state index is 0.491. The Morgan fingerprint density at radius 2 is 2.06 bits per heavy atom. The molecule has 0 saturated heterocycles. The lowest BCUT2D eigenvalue weighted by atomic mass is 9.80. The molecule has 0 bridgehead atoms. The highest BCUT2D eigenvalue weighted by Crippen LogP contribution is 2.28. The summed E-state index contributed by atoms with van der Waals surface area (Å²) in [6, 6.07) is 0.491. The van der Waals surface area contributed by atoms with Crippen LogP contribution in [0.3, 0.4) is 0 Å². The molecular weight excluding hydrogens is 210 g/mol. The topological polar surface area (TPSA) is 36.4 Å². The first-order chi connectivity index (χ1) is 8.17. The zero-order valence-corrected chi connectivity index (χ0v) is 11.9. The van der Waals surface area contributed by atoms with Crippen LogP contribution in [0.4, 0.5) is 0 Å². The van der Waals surface area contributed by atoms with E-state index in [1.807, 2.05) is 7.05 Å². The maximum atomic E-state index is 4.28. The molecule has 3 atom stereocenters. The second-order valence-electron chi connectivity index (χ2n) is 5.43. The number of hydrogen-bond donors (Lipinski definition) is 2. The monoisotopic (exact) mass is 239 g/mol. The molecule has 0 heterocycles. The van der Waals surface area contributed by atoms with E-state index in [2.05, 4.69) is 36.4 Å². The van der Waals surface area contributed by atoms with Crippen LogP contribution in [0.25, 0.3) is 0 Å². The smallest absolute Gasteiger partial charge is 0.191 e. The average molecular weight is 239 g/mol. The molecule has 0 aromatic heterocycles. The van der Waals surface area contributed by atoms with Crippen LogP contribution in [-0.4, -0.2) is 25.6 Å². The normalized spacial score (nSPS) is 27.6. The van der Waals surface area contributed by atoms with E-state index in [1.54, 1.807) is 0 Å². The molecule has 0 radical (unpaired) electrons. The lowest BCUT2D eigenvalue weighted by Gasteiger charge is -2.29. The minimum Gasteiger partial charge on any atom is -0.356 e. The van der Waals surface area contributed by atoms with Crippen LogP contribution < -0.4 is 10.6 Å². The number of rotatable bonds is 4. The number of hydrogen-bond acceptors (Lipinski definition) is 1. The van der Waals surface area contributed by atoms with E-state index in [9.17, 15) is 0 Å². The summed E-state index contributed by atoms with van der Waals surface area (Å²) in [6.07, 6.45) is 6.70. The molecular formula is C14H29N3. The Bertz CT molecular complexity index is 238. The molecule has 100 valence electrons. The predicted molar refractivity (Wildman–Crippen MR) is 75.4 cm³/mol. The molecule has 0 aliphatic heterocycles. The van der Waals surface area contributed by atoms with Gasteiger partial charge in [-0.25, -0.2) is 0 Å². The number of aliphatic imine (C=N–C) groups is 1. The zero-order chi connectivity index (χ0) is 12.7. The summed E-state index contributed by atoms with van der Waals surface area (Å²) in [7, 11) is 1.85. The Kier molecular flexibility index (Phi) is 6.38. The van der Waals surface area contributed by atoms with Crippen molar-refractivity contribution in [2.24, 2.45) is 16.8 Å². The molecule has 1 aliphatic rings. The molecule has 3 nitrogen and oxygen atoms in total. The molecule has 1 aliphatic carbocycles. The van der Waals surface area contributed by atoms with E-state index in [0.29, 0.717) is 6.04 Å². The van der Waals surface area contributed by atoms with Crippen molar-refractivity contribution >= 4 is 5.96 Å². The van der Waals surface area contributed by atoms with Crippen LogP contribution in [0, 0.1) is 11.8 Å². The summed E-state index contributed by atoms with van der Waals surface area (Å²) in [5, 5.41) is 6.88. The third kappa shape index (κ3) is 4.97. The molecule has 1 saturated carbocycles. The van der Waals surface area contributed by atoms with Crippen molar-refractivity contribution in [3.63, 3.8) is 0 Å². The maximum Gasteiger partial charge on any atom is 0.191 e. The van der Waals surface area contributed by atoms with Crippen molar-refractivity contribution in [3.05, 3.63) is 0 Å². The van der Waals surface area contributed by atoms with Crippen LogP contribution in [0.1, 0.15) is 52.9 Å². The number of nitrogens with zero attached hydrogens (tertiary/aromatic N) is 1. The van der Waals surface area contributed by atoms with Crippen molar-refractivity contribution < 1.29 is 0 Å². The van der Waals surface area contributed by atoms with Gasteiger partial charge >= 0.3 is 0 Å². The lowest BCUT2D eigenvalue weighted by molar-refractivity contribution is 0.256. The molecule has 0 aromatic rings. The standard InChI is InChI=1S/C14H29N3/c1-5-12(3)17-14(15-4)16-10-13-9-7-6-8-11(13)2/h11-13H,5-10H2,1-4H3,(H2,15,16,17). The van der Waals surface area contributed by atoms with E-state index in [-0.39, 0.29) is 0 Å². The van der Waals surface area contributed by atoms with Crippen LogP contribution in [0.2, 0.25) is 0 Å². The van der Waals surface area contributed by atoms with Crippen molar-refractivity contribution in [2.75, 3.05) is 13.6 Å². The van der Waals surface area contributed by atoms with Gasteiger partial charge in [-0.2, -0.15) is 0 Å². The molecule has 17 heavy (non-hydrogen) atoms. The second-order valence-corrected chi connectivity index (χ2v) is 5.43. The van der Waals surface area contributed by atoms with Gasteiger partial charge in [0.25, 0.3) is 0 Å². The summed E-state index contributed by atoms with van der Waals surface area (Å²) < 4.78 is 0. The molecule has 3 heteroatoms. The molecule has 1 rings (SSSR count). The van der Waals surface area contributed by atoms with Crippen molar-refractivity contribution in [1.82, 2.24) is 10.6 Å². The summed E-state index contributed by atoms with van der Waals surface area (Å²) in [5.41, 5.74) is 0. The number of guanidine groups is 1. The fourth-order valence-electron chi connectivity index (χ4n) is 2.45. The van der Waals surface area contributed by atoms with Gasteiger partial charge < -0.3 is 10.6 Å². The molecule has 2 N–H and O–H groups in total. The summed E-state index contributed by atoms with van der Waals surface area (Å²) in [6.45, 7) is 7.83. The molecule has 0 spiro atoms. The highest BCUT2D eigenvalue weighted by Gasteiger charge is 2.21. The summed E-state index contributed by atoms with van der Waals surface area (Å²) in [5.74, 6) is 2.63. The SMILES string of the molecule is CCC(C)NC(=NC)NCC1CCCCC1C. The Labute approximate surface area is 106 Å². The van der Waals surface area contributed by atoms with Crippen LogP contribution in [-0.2, 0) is 0 Å². The lowest BCUT2D eigenvalue weighted by Crippen LogP contribution is -2.44. The predicted octanol–water partition coefficient (Wildman–Crippen LogP) is 2.78. The van der Waals surface area contributed by atoms with Crippen LogP contribution in [0.5, 0.6) is 0 Å². The van der Waals surface area contributed by atoms with Crippen molar-refractivity contribution in [1.29, 1.82) is 0 Å². The third-order valence-electron chi connectivity index (χ3n) is 4.04. The summed E-state index contributed by atoms with van der Waals surface area (Å²) >= 11 is 0. The maximum absolute atomic E-state index is 4.28. The highest BCUT2D eigenvalue weighted by molar-refractivity contribution is 5.79. The van der Waals surface area contributed by atoms with Gasteiger partial charge in [0, 0.05) is 19.6 Å². The van der Waals surface area contributed by atoms with Crippen molar-refractivity contribution in [3.8, 4) is 0 Å². The fraction of sp³-hybridized carbons (Fsp3) is 0.929. The quantitative estimate of drug-likeness (QED) is 0.584. The molecule has 0 aromatic carbocycles. The van der Waals surface area contributed by atoms with Crippen LogP contribution in [0.15, 0.2) is 4.99 Å². The third-order valence-corrected chi connectivity index (χ3v) is 4.04. The zero-order valence-electron chi connectivity index (χ0n) is 11.9. The Morgan fingerprint density at radius 3 is 2.65 bits per heavy atom. The molecule has 1 fully saturated rings. The molecule has 0 amide bonds. The van der Waals surface area contributed by atoms with Gasteiger partial charge in [0.2, 0.25) is 0 Å². The summed E-state index contributed by atoms with van der Waals surface area (Å²) in [4.78, 5) is 4.28. The Balaban J connectivity index is 2.31. The van der Waals surface area contributed by atoms with Gasteiger partial charge in [0.15, 0.2) is 5.96 Å². The second kappa shape index (κ2) is 7.57. The first-order valence-electron chi connectivity index (χ1n) is 7.14. The Hall–Kier alpha value is -0.730. The van der Waals surface area contributed by atoms with E-state index in [4.69, 9.17) is 0 Å². The van der Waals surface area contributed by atoms with E-state index < -0.39 is 0 Å². The van der Waals surface area contributed by atoms with Gasteiger partial charge in [-0.15, -0.1) is 0 Å². The van der Waals surface area contributed by atoms with E-state index >= 15 is 0 Å². The highest BCUT2D eigenvalue weighted by atomic mass is 15.2. The fourth-order valence-corrected chi connectivity index (χ4v) is 2.45.